The largest absolute Gasteiger partial charge is 0.493 e. The van der Waals surface area contributed by atoms with Gasteiger partial charge >= 0.3 is 12.1 Å². The van der Waals surface area contributed by atoms with Gasteiger partial charge in [0.25, 0.3) is 5.69 Å². The molecule has 0 N–H and O–H groups in total. The maximum absolute atomic E-state index is 12.6. The number of amides is 1. The van der Waals surface area contributed by atoms with E-state index in [2.05, 4.69) is 0 Å². The van der Waals surface area contributed by atoms with Crippen LogP contribution in [0.5, 0.6) is 11.5 Å². The van der Waals surface area contributed by atoms with Crippen LogP contribution in [0.1, 0.15) is 29.7 Å². The van der Waals surface area contributed by atoms with Crippen molar-refractivity contribution in [1.29, 1.82) is 0 Å². The van der Waals surface area contributed by atoms with Gasteiger partial charge in [0.15, 0.2) is 11.5 Å². The number of carbonyl (C=O) groups excluding carboxylic acids is 1. The van der Waals surface area contributed by atoms with Crippen LogP contribution in [0.3, 0.4) is 0 Å². The van der Waals surface area contributed by atoms with Gasteiger partial charge in [0, 0.05) is 18.7 Å². The SMILES string of the molecule is COc1cc2c(cc1OC)C(C)N(C(=O)C(F)(F)F)CC2.Cc1ccc([N+](=O)[O-])cc1. The highest BCUT2D eigenvalue weighted by Crippen LogP contribution is 2.39. The van der Waals surface area contributed by atoms with Crippen LogP contribution in [-0.4, -0.2) is 42.7 Å². The Morgan fingerprint density at radius 3 is 2.16 bits per heavy atom. The molecule has 2 aromatic carbocycles. The van der Waals surface area contributed by atoms with Gasteiger partial charge in [-0.2, -0.15) is 13.2 Å². The maximum Gasteiger partial charge on any atom is 0.471 e. The number of methoxy groups -OCH3 is 2. The van der Waals surface area contributed by atoms with Gasteiger partial charge in [0.2, 0.25) is 0 Å². The van der Waals surface area contributed by atoms with Gasteiger partial charge in [-0.15, -0.1) is 0 Å². The van der Waals surface area contributed by atoms with E-state index in [9.17, 15) is 28.1 Å². The Morgan fingerprint density at radius 1 is 1.13 bits per heavy atom. The number of nitrogens with zero attached hydrogens (tertiary/aromatic N) is 2. The molecule has 0 aromatic heterocycles. The number of fused-ring (bicyclic) bond motifs is 1. The highest BCUT2D eigenvalue weighted by Gasteiger charge is 2.45. The average Bonchev–Trinajstić information content (AvgIpc) is 2.73. The first-order valence-electron chi connectivity index (χ1n) is 9.33. The quantitative estimate of drug-likeness (QED) is 0.514. The predicted molar refractivity (Wildman–Crippen MR) is 107 cm³/mol. The van der Waals surface area contributed by atoms with Crippen LogP contribution in [-0.2, 0) is 11.2 Å². The molecule has 1 unspecified atom stereocenters. The number of hydrogen-bond donors (Lipinski definition) is 0. The first-order valence-corrected chi connectivity index (χ1v) is 9.33. The van der Waals surface area contributed by atoms with Gasteiger partial charge in [-0.1, -0.05) is 17.7 Å². The molecule has 0 bridgehead atoms. The van der Waals surface area contributed by atoms with Crippen molar-refractivity contribution < 1.29 is 32.4 Å². The van der Waals surface area contributed by atoms with Crippen LogP contribution in [0.25, 0.3) is 0 Å². The van der Waals surface area contributed by atoms with Crippen LogP contribution in [0, 0.1) is 17.0 Å². The van der Waals surface area contributed by atoms with Gasteiger partial charge in [0.1, 0.15) is 0 Å². The first kappa shape index (κ1) is 24.0. The molecule has 7 nitrogen and oxygen atoms in total. The zero-order valence-electron chi connectivity index (χ0n) is 17.5. The standard InChI is InChI=1S/C14H16F3NO3.C7H7NO2/c1-8-10-7-12(21-3)11(20-2)6-9(10)4-5-18(8)13(19)14(15,16)17;1-6-2-4-7(5-3-6)8(9)10/h6-8H,4-5H2,1-3H3;2-5H,1H3. The zero-order valence-corrected chi connectivity index (χ0v) is 17.5. The van der Waals surface area contributed by atoms with Crippen molar-refractivity contribution in [3.05, 3.63) is 63.2 Å². The summed E-state index contributed by atoms with van der Waals surface area (Å²) in [5.41, 5.74) is 2.69. The molecule has 1 aliphatic rings. The second kappa shape index (κ2) is 9.67. The summed E-state index contributed by atoms with van der Waals surface area (Å²) in [6.07, 6.45) is -4.51. The van der Waals surface area contributed by atoms with Gasteiger partial charge in [-0.25, -0.2) is 0 Å². The molecule has 10 heteroatoms. The maximum atomic E-state index is 12.6. The summed E-state index contributed by atoms with van der Waals surface area (Å²) in [6, 6.07) is 9.15. The lowest BCUT2D eigenvalue weighted by atomic mass is 9.92. The van der Waals surface area contributed by atoms with E-state index in [1.165, 1.54) is 26.4 Å². The molecular formula is C21H23F3N2O5. The summed E-state index contributed by atoms with van der Waals surface area (Å²) in [7, 11) is 2.95. The number of carbonyl (C=O) groups is 1. The van der Waals surface area contributed by atoms with E-state index >= 15 is 0 Å². The van der Waals surface area contributed by atoms with Gasteiger partial charge in [-0.05, 0) is 43.5 Å². The van der Waals surface area contributed by atoms with E-state index in [1.807, 2.05) is 6.92 Å². The van der Waals surface area contributed by atoms with Crippen molar-refractivity contribution in [3.8, 4) is 11.5 Å². The number of hydrogen-bond acceptors (Lipinski definition) is 5. The molecule has 1 aliphatic heterocycles. The summed E-state index contributed by atoms with van der Waals surface area (Å²) in [5, 5.41) is 10.1. The van der Waals surface area contributed by atoms with Crippen LogP contribution in [0.4, 0.5) is 18.9 Å². The predicted octanol–water partition coefficient (Wildman–Crippen LogP) is 4.62. The minimum absolute atomic E-state index is 0.0298. The molecule has 0 saturated heterocycles. The van der Waals surface area contributed by atoms with E-state index in [0.717, 1.165) is 16.0 Å². The van der Waals surface area contributed by atoms with Crippen molar-refractivity contribution in [2.75, 3.05) is 20.8 Å². The molecule has 2 aromatic rings. The van der Waals surface area contributed by atoms with Gasteiger partial charge < -0.3 is 14.4 Å². The molecule has 31 heavy (non-hydrogen) atoms. The summed E-state index contributed by atoms with van der Waals surface area (Å²) in [6.45, 7) is 3.50. The third-order valence-electron chi connectivity index (χ3n) is 4.93. The summed E-state index contributed by atoms with van der Waals surface area (Å²) in [5.74, 6) is -0.848. The fourth-order valence-electron chi connectivity index (χ4n) is 3.25. The van der Waals surface area contributed by atoms with Crippen LogP contribution < -0.4 is 9.47 Å². The molecule has 0 aliphatic carbocycles. The molecule has 168 valence electrons. The topological polar surface area (TPSA) is 81.9 Å². The fraction of sp³-hybridized carbons (Fsp3) is 0.381. The molecule has 1 heterocycles. The number of rotatable bonds is 3. The second-order valence-electron chi connectivity index (χ2n) is 6.92. The third kappa shape index (κ3) is 5.65. The number of nitro groups is 1. The minimum atomic E-state index is -4.86. The summed E-state index contributed by atoms with van der Waals surface area (Å²) >= 11 is 0. The molecule has 0 saturated carbocycles. The Morgan fingerprint density at radius 2 is 1.68 bits per heavy atom. The van der Waals surface area contributed by atoms with Crippen molar-refractivity contribution >= 4 is 11.6 Å². The summed E-state index contributed by atoms with van der Waals surface area (Å²) in [4.78, 5) is 22.0. The zero-order chi connectivity index (χ0) is 23.3. The molecule has 0 spiro atoms. The second-order valence-corrected chi connectivity index (χ2v) is 6.92. The van der Waals surface area contributed by atoms with Crippen LogP contribution >= 0.6 is 0 Å². The lowest BCUT2D eigenvalue weighted by Crippen LogP contribution is -2.45. The number of halogens is 3. The van der Waals surface area contributed by atoms with Crippen molar-refractivity contribution in [3.63, 3.8) is 0 Å². The van der Waals surface area contributed by atoms with E-state index in [0.29, 0.717) is 23.5 Å². The number of aryl methyl sites for hydroxylation is 1. The Bertz CT molecular complexity index is 945. The molecule has 3 rings (SSSR count). The van der Waals surface area contributed by atoms with E-state index in [1.54, 1.807) is 31.2 Å². The first-order chi connectivity index (χ1) is 14.5. The highest BCUT2D eigenvalue weighted by molar-refractivity contribution is 5.82. The fourth-order valence-corrected chi connectivity index (χ4v) is 3.25. The Labute approximate surface area is 177 Å². The molecule has 0 radical (unpaired) electrons. The number of benzene rings is 2. The monoisotopic (exact) mass is 440 g/mol. The van der Waals surface area contributed by atoms with E-state index in [-0.39, 0.29) is 12.2 Å². The van der Waals surface area contributed by atoms with Crippen molar-refractivity contribution in [2.24, 2.45) is 0 Å². The third-order valence-corrected chi connectivity index (χ3v) is 4.93. The van der Waals surface area contributed by atoms with E-state index < -0.39 is 23.0 Å². The average molecular weight is 440 g/mol. The Hall–Kier alpha value is -3.30. The summed E-state index contributed by atoms with van der Waals surface area (Å²) < 4.78 is 48.2. The Kier molecular flexibility index (Phi) is 7.48. The minimum Gasteiger partial charge on any atom is -0.493 e. The lowest BCUT2D eigenvalue weighted by molar-refractivity contribution is -0.384. The van der Waals surface area contributed by atoms with E-state index in [4.69, 9.17) is 9.47 Å². The van der Waals surface area contributed by atoms with Crippen molar-refractivity contribution in [2.45, 2.75) is 32.5 Å². The van der Waals surface area contributed by atoms with Gasteiger partial charge in [-0.3, -0.25) is 14.9 Å². The van der Waals surface area contributed by atoms with Gasteiger partial charge in [0.05, 0.1) is 25.2 Å². The van der Waals surface area contributed by atoms with Crippen LogP contribution in [0.2, 0.25) is 0 Å². The molecular weight excluding hydrogens is 417 g/mol. The number of ether oxygens (including phenoxy) is 2. The lowest BCUT2D eigenvalue weighted by Gasteiger charge is -2.36. The smallest absolute Gasteiger partial charge is 0.471 e. The van der Waals surface area contributed by atoms with Crippen molar-refractivity contribution in [1.82, 2.24) is 4.90 Å². The molecule has 1 amide bonds. The highest BCUT2D eigenvalue weighted by atomic mass is 19.4. The number of non-ortho nitro benzene ring substituents is 1. The number of nitro benzene ring substituents is 1. The van der Waals surface area contributed by atoms with Crippen LogP contribution in [0.15, 0.2) is 36.4 Å². The molecule has 0 fully saturated rings. The Balaban J connectivity index is 0.000000285. The normalized spacial score (nSPS) is 15.3. The molecule has 1 atom stereocenters. The number of alkyl halides is 3.